The molecule has 0 aliphatic carbocycles. The first-order valence-corrected chi connectivity index (χ1v) is 9.72. The Balaban J connectivity index is 1.37. The number of ether oxygens (including phenoxy) is 1. The topological polar surface area (TPSA) is 65.0 Å². The third-order valence-electron chi connectivity index (χ3n) is 5.31. The molecule has 2 saturated heterocycles. The van der Waals surface area contributed by atoms with Crippen LogP contribution in [0.4, 0.5) is 0 Å². The molecule has 1 amide bonds. The highest BCUT2D eigenvalue weighted by Crippen LogP contribution is 2.20. The molecule has 3 atom stereocenters. The molecule has 0 bridgehead atoms. The van der Waals surface area contributed by atoms with Gasteiger partial charge in [0.1, 0.15) is 18.5 Å². The second-order valence-electron chi connectivity index (χ2n) is 7.48. The van der Waals surface area contributed by atoms with Crippen LogP contribution in [0.1, 0.15) is 19.8 Å². The summed E-state index contributed by atoms with van der Waals surface area (Å²) >= 11 is 0. The van der Waals surface area contributed by atoms with E-state index in [1.54, 1.807) is 0 Å². The van der Waals surface area contributed by atoms with Gasteiger partial charge in [0.15, 0.2) is 0 Å². The van der Waals surface area contributed by atoms with Crippen LogP contribution in [-0.4, -0.2) is 78.8 Å². The number of benzene rings is 1. The molecule has 1 aromatic rings. The monoisotopic (exact) mass is 361 g/mol. The molecule has 144 valence electrons. The summed E-state index contributed by atoms with van der Waals surface area (Å²) in [6.45, 7) is 7.09. The third kappa shape index (κ3) is 5.43. The van der Waals surface area contributed by atoms with E-state index >= 15 is 0 Å². The van der Waals surface area contributed by atoms with Crippen LogP contribution >= 0.6 is 0 Å². The SMILES string of the molecule is C[C@H]1C[C@@H](C(=O)N2CCN(CC(O)COc3ccccc3)CC2)CCN1. The number of amides is 1. The smallest absolute Gasteiger partial charge is 0.225 e. The first-order chi connectivity index (χ1) is 12.6. The maximum Gasteiger partial charge on any atom is 0.225 e. The molecule has 3 rings (SSSR count). The lowest BCUT2D eigenvalue weighted by Gasteiger charge is -2.38. The van der Waals surface area contributed by atoms with Crippen LogP contribution in [-0.2, 0) is 4.79 Å². The normalized spacial score (nSPS) is 25.7. The molecule has 2 fully saturated rings. The van der Waals surface area contributed by atoms with Crippen molar-refractivity contribution in [1.29, 1.82) is 0 Å². The molecular weight excluding hydrogens is 330 g/mol. The quantitative estimate of drug-likeness (QED) is 0.790. The summed E-state index contributed by atoms with van der Waals surface area (Å²) in [5.74, 6) is 1.26. The zero-order chi connectivity index (χ0) is 18.4. The van der Waals surface area contributed by atoms with Crippen molar-refractivity contribution in [3.63, 3.8) is 0 Å². The van der Waals surface area contributed by atoms with E-state index in [4.69, 9.17) is 4.74 Å². The van der Waals surface area contributed by atoms with Gasteiger partial charge in [0, 0.05) is 44.7 Å². The first-order valence-electron chi connectivity index (χ1n) is 9.72. The maximum atomic E-state index is 12.7. The summed E-state index contributed by atoms with van der Waals surface area (Å²) in [7, 11) is 0. The molecule has 6 nitrogen and oxygen atoms in total. The van der Waals surface area contributed by atoms with Gasteiger partial charge in [-0.15, -0.1) is 0 Å². The predicted molar refractivity (Wildman–Crippen MR) is 101 cm³/mol. The highest BCUT2D eigenvalue weighted by atomic mass is 16.5. The molecule has 0 saturated carbocycles. The van der Waals surface area contributed by atoms with Gasteiger partial charge in [-0.1, -0.05) is 18.2 Å². The van der Waals surface area contributed by atoms with Gasteiger partial charge in [0.05, 0.1) is 0 Å². The summed E-state index contributed by atoms with van der Waals surface area (Å²) in [4.78, 5) is 16.9. The summed E-state index contributed by atoms with van der Waals surface area (Å²) in [5.41, 5.74) is 0. The largest absolute Gasteiger partial charge is 0.491 e. The lowest BCUT2D eigenvalue weighted by atomic mass is 9.92. The van der Waals surface area contributed by atoms with Crippen LogP contribution in [0.5, 0.6) is 5.75 Å². The molecule has 0 radical (unpaired) electrons. The molecular formula is C20H31N3O3. The van der Waals surface area contributed by atoms with Crippen LogP contribution in [0, 0.1) is 5.92 Å². The number of rotatable bonds is 6. The van der Waals surface area contributed by atoms with Gasteiger partial charge < -0.3 is 20.1 Å². The maximum absolute atomic E-state index is 12.7. The van der Waals surface area contributed by atoms with Crippen LogP contribution in [0.2, 0.25) is 0 Å². The van der Waals surface area contributed by atoms with Crippen LogP contribution in [0.25, 0.3) is 0 Å². The van der Waals surface area contributed by atoms with E-state index in [-0.39, 0.29) is 12.5 Å². The number of aliphatic hydroxyl groups is 1. The van der Waals surface area contributed by atoms with E-state index in [1.165, 1.54) is 0 Å². The molecule has 2 N–H and O–H groups in total. The molecule has 2 aliphatic heterocycles. The molecule has 1 aromatic carbocycles. The van der Waals surface area contributed by atoms with Crippen molar-refractivity contribution in [1.82, 2.24) is 15.1 Å². The fourth-order valence-corrected chi connectivity index (χ4v) is 3.83. The van der Waals surface area contributed by atoms with Crippen molar-refractivity contribution in [3.05, 3.63) is 30.3 Å². The minimum atomic E-state index is -0.525. The number of hydrogen-bond acceptors (Lipinski definition) is 5. The van der Waals surface area contributed by atoms with Crippen molar-refractivity contribution in [2.45, 2.75) is 31.9 Å². The molecule has 1 unspecified atom stereocenters. The van der Waals surface area contributed by atoms with E-state index in [0.717, 1.165) is 51.3 Å². The predicted octanol–water partition coefficient (Wildman–Crippen LogP) is 0.959. The minimum Gasteiger partial charge on any atom is -0.491 e. The van der Waals surface area contributed by atoms with Gasteiger partial charge >= 0.3 is 0 Å². The fourth-order valence-electron chi connectivity index (χ4n) is 3.83. The highest BCUT2D eigenvalue weighted by molar-refractivity contribution is 5.79. The summed E-state index contributed by atoms with van der Waals surface area (Å²) in [5, 5.41) is 13.6. The second-order valence-corrected chi connectivity index (χ2v) is 7.48. The Morgan fingerprint density at radius 2 is 2.00 bits per heavy atom. The Morgan fingerprint density at radius 1 is 1.27 bits per heavy atom. The fraction of sp³-hybridized carbons (Fsp3) is 0.650. The Kier molecular flexibility index (Phi) is 6.88. The molecule has 0 spiro atoms. The van der Waals surface area contributed by atoms with Crippen molar-refractivity contribution in [3.8, 4) is 5.75 Å². The Hall–Kier alpha value is -1.63. The molecule has 26 heavy (non-hydrogen) atoms. The molecule has 2 heterocycles. The highest BCUT2D eigenvalue weighted by Gasteiger charge is 2.30. The number of piperazine rings is 1. The number of β-amino-alcohol motifs (C(OH)–C–C–N with tert-alkyl or cyclic N) is 1. The molecule has 0 aromatic heterocycles. The average molecular weight is 361 g/mol. The molecule has 2 aliphatic rings. The Labute approximate surface area is 156 Å². The lowest BCUT2D eigenvalue weighted by molar-refractivity contribution is -0.138. The van der Waals surface area contributed by atoms with Gasteiger partial charge in [-0.05, 0) is 38.4 Å². The zero-order valence-electron chi connectivity index (χ0n) is 15.6. The van der Waals surface area contributed by atoms with Crippen LogP contribution < -0.4 is 10.1 Å². The number of nitrogens with zero attached hydrogens (tertiary/aromatic N) is 2. The van der Waals surface area contributed by atoms with Gasteiger partial charge in [-0.3, -0.25) is 9.69 Å². The van der Waals surface area contributed by atoms with Crippen LogP contribution in [0.15, 0.2) is 30.3 Å². The summed E-state index contributed by atoms with van der Waals surface area (Å²) < 4.78 is 5.61. The number of aliphatic hydroxyl groups excluding tert-OH is 1. The van der Waals surface area contributed by atoms with E-state index in [9.17, 15) is 9.90 Å². The van der Waals surface area contributed by atoms with E-state index in [0.29, 0.717) is 18.5 Å². The second kappa shape index (κ2) is 9.35. The number of carbonyl (C=O) groups excluding carboxylic acids is 1. The standard InChI is InChI=1S/C20H31N3O3/c1-16-13-17(7-8-21-16)20(25)23-11-9-22(10-12-23)14-18(24)15-26-19-5-3-2-4-6-19/h2-6,16-18,21,24H,7-15H2,1H3/t16-,17-,18?/m0/s1. The van der Waals surface area contributed by atoms with Crippen molar-refractivity contribution in [2.75, 3.05) is 45.9 Å². The van der Waals surface area contributed by atoms with Gasteiger partial charge in [0.2, 0.25) is 5.91 Å². The van der Waals surface area contributed by atoms with Gasteiger partial charge in [-0.25, -0.2) is 0 Å². The van der Waals surface area contributed by atoms with E-state index in [1.807, 2.05) is 35.2 Å². The summed E-state index contributed by atoms with van der Waals surface area (Å²) in [6.07, 6.45) is 1.36. The lowest BCUT2D eigenvalue weighted by Crippen LogP contribution is -2.53. The molecule has 6 heteroatoms. The Morgan fingerprint density at radius 3 is 2.69 bits per heavy atom. The van der Waals surface area contributed by atoms with Gasteiger partial charge in [-0.2, -0.15) is 0 Å². The van der Waals surface area contributed by atoms with Crippen molar-refractivity contribution in [2.24, 2.45) is 5.92 Å². The average Bonchev–Trinajstić information content (AvgIpc) is 2.67. The zero-order valence-corrected chi connectivity index (χ0v) is 15.6. The van der Waals surface area contributed by atoms with Crippen molar-refractivity contribution >= 4 is 5.91 Å². The van der Waals surface area contributed by atoms with Crippen LogP contribution in [0.3, 0.4) is 0 Å². The number of para-hydroxylation sites is 1. The van der Waals surface area contributed by atoms with Gasteiger partial charge in [0.25, 0.3) is 0 Å². The number of nitrogens with one attached hydrogen (secondary N) is 1. The minimum absolute atomic E-state index is 0.169. The van der Waals surface area contributed by atoms with Crippen molar-refractivity contribution < 1.29 is 14.6 Å². The number of hydrogen-bond donors (Lipinski definition) is 2. The van der Waals surface area contributed by atoms with E-state index < -0.39 is 6.10 Å². The third-order valence-corrected chi connectivity index (χ3v) is 5.31. The summed E-state index contributed by atoms with van der Waals surface area (Å²) in [6, 6.07) is 9.98. The number of carbonyl (C=O) groups is 1. The number of piperidine rings is 1. The Bertz CT molecular complexity index is 561. The van der Waals surface area contributed by atoms with E-state index in [2.05, 4.69) is 17.1 Å². The first kappa shape index (κ1) is 19.1.